The number of benzene rings is 2. The van der Waals surface area contributed by atoms with Crippen LogP contribution in [-0.2, 0) is 16.0 Å². The topological polar surface area (TPSA) is 105 Å². The van der Waals surface area contributed by atoms with E-state index in [-0.39, 0.29) is 24.0 Å². The number of nitrogens with one attached hydrogen (secondary N) is 1. The number of amides is 2. The SMILES string of the molecule is CC(C)CN(C1CCN(C(=O)C(Cc2ccc(Cl)cc2)NC(=O)CC(N)c2cccc(O)c2)CC1)N1CCN(C)CC1. The number of phenols is 1. The molecule has 0 bridgehead atoms. The summed E-state index contributed by atoms with van der Waals surface area (Å²) in [6.45, 7) is 11.0. The zero-order chi connectivity index (χ0) is 30.2. The Balaban J connectivity index is 1.41. The van der Waals surface area contributed by atoms with Crippen molar-refractivity contribution in [1.29, 1.82) is 0 Å². The molecule has 0 aromatic heterocycles. The number of nitrogens with two attached hydrogens (primary N) is 1. The van der Waals surface area contributed by atoms with Crippen LogP contribution in [0.2, 0.25) is 5.02 Å². The lowest BCUT2D eigenvalue weighted by molar-refractivity contribution is -0.140. The Hall–Kier alpha value is -2.69. The molecule has 2 aliphatic rings. The fraction of sp³-hybridized carbons (Fsp3) is 0.562. The minimum absolute atomic E-state index is 0.00507. The number of phenolic OH excluding ortho intramolecular Hbond substituents is 1. The van der Waals surface area contributed by atoms with E-state index in [4.69, 9.17) is 17.3 Å². The number of carbonyl (C=O) groups is 2. The van der Waals surface area contributed by atoms with Gasteiger partial charge in [-0.25, -0.2) is 10.0 Å². The van der Waals surface area contributed by atoms with Crippen molar-refractivity contribution in [2.24, 2.45) is 11.7 Å². The molecule has 2 amide bonds. The number of carbonyl (C=O) groups excluding carboxylic acids is 2. The lowest BCUT2D eigenvalue weighted by atomic mass is 9.99. The van der Waals surface area contributed by atoms with Gasteiger partial charge in [0.15, 0.2) is 0 Å². The zero-order valence-electron chi connectivity index (χ0n) is 25.2. The number of nitrogens with zero attached hydrogens (tertiary/aromatic N) is 4. The quantitative estimate of drug-likeness (QED) is 0.365. The Labute approximate surface area is 255 Å². The van der Waals surface area contributed by atoms with Gasteiger partial charge in [0, 0.05) is 75.8 Å². The van der Waals surface area contributed by atoms with Gasteiger partial charge >= 0.3 is 0 Å². The van der Waals surface area contributed by atoms with Crippen LogP contribution in [0.5, 0.6) is 5.75 Å². The molecule has 2 unspecified atom stereocenters. The number of hydrogen-bond donors (Lipinski definition) is 3. The largest absolute Gasteiger partial charge is 0.508 e. The van der Waals surface area contributed by atoms with Crippen LogP contribution in [0.25, 0.3) is 0 Å². The van der Waals surface area contributed by atoms with Gasteiger partial charge in [0.05, 0.1) is 0 Å². The van der Waals surface area contributed by atoms with Crippen molar-refractivity contribution in [3.05, 3.63) is 64.7 Å². The highest BCUT2D eigenvalue weighted by atomic mass is 35.5. The number of piperidine rings is 1. The maximum Gasteiger partial charge on any atom is 0.245 e. The zero-order valence-corrected chi connectivity index (χ0v) is 26.0. The Morgan fingerprint density at radius 1 is 1.05 bits per heavy atom. The van der Waals surface area contributed by atoms with Crippen LogP contribution in [-0.4, -0.2) is 102 Å². The second-order valence-electron chi connectivity index (χ2n) is 12.2. The predicted molar refractivity (Wildman–Crippen MR) is 167 cm³/mol. The summed E-state index contributed by atoms with van der Waals surface area (Å²) in [5.74, 6) is 0.278. The monoisotopic (exact) mass is 598 g/mol. The highest BCUT2D eigenvalue weighted by Gasteiger charge is 2.34. The number of likely N-dealkylation sites (tertiary alicyclic amines) is 1. The van der Waals surface area contributed by atoms with Crippen LogP contribution in [0, 0.1) is 5.92 Å². The first kappa shape index (κ1) is 32.2. The lowest BCUT2D eigenvalue weighted by Crippen LogP contribution is -2.60. The summed E-state index contributed by atoms with van der Waals surface area (Å²) in [4.78, 5) is 31.3. The Morgan fingerprint density at radius 3 is 2.33 bits per heavy atom. The first-order valence-corrected chi connectivity index (χ1v) is 15.5. The fourth-order valence-corrected chi connectivity index (χ4v) is 6.04. The molecule has 4 rings (SSSR count). The summed E-state index contributed by atoms with van der Waals surface area (Å²) >= 11 is 6.09. The molecule has 2 saturated heterocycles. The molecular formula is C32H47ClN6O3. The number of likely N-dealkylation sites (N-methyl/N-ethyl adjacent to an activating group) is 1. The molecule has 0 radical (unpaired) electrons. The van der Waals surface area contributed by atoms with Crippen molar-refractivity contribution in [1.82, 2.24) is 25.1 Å². The van der Waals surface area contributed by atoms with Gasteiger partial charge in [-0.2, -0.15) is 0 Å². The standard InChI is InChI=1S/C32H47ClN6O3/c1-23(2)22-39(38-17-15-36(3)16-18-38)27-11-13-37(14-12-27)32(42)30(19-24-7-9-26(33)10-8-24)35-31(41)21-29(34)25-5-4-6-28(40)20-25/h4-10,20,23,27,29-30,40H,11-19,21-22,34H2,1-3H3,(H,35,41). The number of piperazine rings is 1. The third-order valence-corrected chi connectivity index (χ3v) is 8.53. The molecule has 230 valence electrons. The summed E-state index contributed by atoms with van der Waals surface area (Å²) in [6.07, 6.45) is 2.17. The molecule has 2 aliphatic heterocycles. The molecule has 10 heteroatoms. The van der Waals surface area contributed by atoms with E-state index in [1.54, 1.807) is 36.4 Å². The van der Waals surface area contributed by atoms with E-state index in [1.165, 1.54) is 0 Å². The molecule has 42 heavy (non-hydrogen) atoms. The van der Waals surface area contributed by atoms with Crippen LogP contribution in [0.4, 0.5) is 0 Å². The van der Waals surface area contributed by atoms with Crippen molar-refractivity contribution in [3.8, 4) is 5.75 Å². The molecule has 0 spiro atoms. The molecule has 2 heterocycles. The number of halogens is 1. The second kappa shape index (κ2) is 15.2. The van der Waals surface area contributed by atoms with Crippen molar-refractivity contribution in [2.45, 2.75) is 57.7 Å². The molecule has 4 N–H and O–H groups in total. The minimum Gasteiger partial charge on any atom is -0.508 e. The average Bonchev–Trinajstić information content (AvgIpc) is 2.97. The highest BCUT2D eigenvalue weighted by Crippen LogP contribution is 2.23. The first-order valence-electron chi connectivity index (χ1n) is 15.2. The van der Waals surface area contributed by atoms with Crippen LogP contribution >= 0.6 is 11.6 Å². The van der Waals surface area contributed by atoms with Gasteiger partial charge in [-0.3, -0.25) is 9.59 Å². The molecule has 0 saturated carbocycles. The number of hydrogen-bond acceptors (Lipinski definition) is 7. The van der Waals surface area contributed by atoms with E-state index in [2.05, 4.69) is 41.1 Å². The van der Waals surface area contributed by atoms with Crippen LogP contribution in [0.15, 0.2) is 48.5 Å². The lowest BCUT2D eigenvalue weighted by Gasteiger charge is -2.47. The first-order chi connectivity index (χ1) is 20.1. The molecule has 2 atom stereocenters. The van der Waals surface area contributed by atoms with Gasteiger partial charge in [0.1, 0.15) is 11.8 Å². The van der Waals surface area contributed by atoms with E-state index in [0.717, 1.165) is 51.1 Å². The smallest absolute Gasteiger partial charge is 0.245 e. The summed E-state index contributed by atoms with van der Waals surface area (Å²) in [5, 5.41) is 18.5. The Bertz CT molecular complexity index is 1160. The molecule has 9 nitrogen and oxygen atoms in total. The van der Waals surface area contributed by atoms with Gasteiger partial charge < -0.3 is 26.0 Å². The number of hydrazine groups is 1. The maximum atomic E-state index is 13.9. The van der Waals surface area contributed by atoms with E-state index >= 15 is 0 Å². The summed E-state index contributed by atoms with van der Waals surface area (Å²) in [5.41, 5.74) is 7.87. The van der Waals surface area contributed by atoms with Gasteiger partial charge in [0.2, 0.25) is 11.8 Å². The summed E-state index contributed by atoms with van der Waals surface area (Å²) in [6, 6.07) is 13.1. The Morgan fingerprint density at radius 2 is 1.71 bits per heavy atom. The van der Waals surface area contributed by atoms with Crippen molar-refractivity contribution >= 4 is 23.4 Å². The normalized spacial score (nSPS) is 18.8. The average molecular weight is 599 g/mol. The number of rotatable bonds is 11. The third kappa shape index (κ3) is 9.15. The van der Waals surface area contributed by atoms with E-state index in [9.17, 15) is 14.7 Å². The van der Waals surface area contributed by atoms with Gasteiger partial charge in [-0.1, -0.05) is 49.7 Å². The van der Waals surface area contributed by atoms with Crippen molar-refractivity contribution in [2.75, 3.05) is 52.9 Å². The molecule has 0 aliphatic carbocycles. The maximum absolute atomic E-state index is 13.9. The van der Waals surface area contributed by atoms with Gasteiger partial charge in [0.25, 0.3) is 0 Å². The Kier molecular flexibility index (Phi) is 11.6. The molecule has 2 aromatic carbocycles. The molecular weight excluding hydrogens is 552 g/mol. The predicted octanol–water partition coefficient (Wildman–Crippen LogP) is 3.27. The fourth-order valence-electron chi connectivity index (χ4n) is 5.91. The summed E-state index contributed by atoms with van der Waals surface area (Å²) in [7, 11) is 2.17. The van der Waals surface area contributed by atoms with Crippen LogP contribution < -0.4 is 11.1 Å². The second-order valence-corrected chi connectivity index (χ2v) is 12.6. The molecule has 2 aromatic rings. The van der Waals surface area contributed by atoms with Gasteiger partial charge in [-0.15, -0.1) is 0 Å². The molecule has 2 fully saturated rings. The third-order valence-electron chi connectivity index (χ3n) is 8.28. The summed E-state index contributed by atoms with van der Waals surface area (Å²) < 4.78 is 0. The van der Waals surface area contributed by atoms with Crippen molar-refractivity contribution in [3.63, 3.8) is 0 Å². The van der Waals surface area contributed by atoms with E-state index < -0.39 is 12.1 Å². The van der Waals surface area contributed by atoms with Crippen molar-refractivity contribution < 1.29 is 14.7 Å². The number of aromatic hydroxyl groups is 1. The minimum atomic E-state index is -0.712. The highest BCUT2D eigenvalue weighted by molar-refractivity contribution is 6.30. The van der Waals surface area contributed by atoms with Crippen LogP contribution in [0.3, 0.4) is 0 Å². The van der Waals surface area contributed by atoms with Crippen LogP contribution in [0.1, 0.15) is 50.3 Å². The van der Waals surface area contributed by atoms with E-state index in [0.29, 0.717) is 42.1 Å². The van der Waals surface area contributed by atoms with Gasteiger partial charge in [-0.05, 0) is 61.2 Å². The van der Waals surface area contributed by atoms with E-state index in [1.807, 2.05) is 17.0 Å².